The van der Waals surface area contributed by atoms with Crippen molar-refractivity contribution >= 4 is 11.5 Å². The summed E-state index contributed by atoms with van der Waals surface area (Å²) in [6, 6.07) is 1.99. The van der Waals surface area contributed by atoms with E-state index in [1.807, 2.05) is 19.9 Å². The summed E-state index contributed by atoms with van der Waals surface area (Å²) in [6.45, 7) is 7.76. The maximum atomic E-state index is 9.04. The van der Waals surface area contributed by atoms with E-state index in [1.165, 1.54) is 0 Å². The molecule has 21 heavy (non-hydrogen) atoms. The highest BCUT2D eigenvalue weighted by Gasteiger charge is 2.28. The first-order chi connectivity index (χ1) is 9.97. The van der Waals surface area contributed by atoms with E-state index in [0.717, 1.165) is 36.6 Å². The monoisotopic (exact) mass is 292 g/mol. The van der Waals surface area contributed by atoms with E-state index in [0.29, 0.717) is 11.5 Å². The van der Waals surface area contributed by atoms with E-state index < -0.39 is 0 Å². The lowest BCUT2D eigenvalue weighted by atomic mass is 9.94. The molecule has 6 heteroatoms. The van der Waals surface area contributed by atoms with Crippen molar-refractivity contribution in [2.24, 2.45) is 16.8 Å². The van der Waals surface area contributed by atoms with E-state index in [1.54, 1.807) is 7.11 Å². The summed E-state index contributed by atoms with van der Waals surface area (Å²) in [5.74, 6) is 0.630. The summed E-state index contributed by atoms with van der Waals surface area (Å²) in [6.07, 6.45) is 1.24. The molecule has 2 heterocycles. The number of amidine groups is 1. The molecule has 1 aromatic heterocycles. The van der Waals surface area contributed by atoms with Crippen LogP contribution < -0.4 is 10.6 Å². The predicted molar refractivity (Wildman–Crippen MR) is 83.0 cm³/mol. The second kappa shape index (κ2) is 6.30. The maximum Gasteiger partial charge on any atom is 0.174 e. The first kappa shape index (κ1) is 15.6. The molecule has 6 nitrogen and oxygen atoms in total. The summed E-state index contributed by atoms with van der Waals surface area (Å²) in [5.41, 5.74) is 9.20. The third-order valence-corrected chi connectivity index (χ3v) is 4.20. The number of pyridine rings is 1. The SMILES string of the molecule is COC1CN(c2cc(C)nc(C)c2/C(N)=N/O)CCC1C. The molecule has 2 rings (SSSR count). The number of ether oxygens (including phenoxy) is 1. The lowest BCUT2D eigenvalue weighted by Crippen LogP contribution is -2.44. The van der Waals surface area contributed by atoms with Crippen molar-refractivity contribution in [3.8, 4) is 0 Å². The molecule has 2 unspecified atom stereocenters. The van der Waals surface area contributed by atoms with E-state index in [9.17, 15) is 0 Å². The Morgan fingerprint density at radius 1 is 1.52 bits per heavy atom. The highest BCUT2D eigenvalue weighted by Crippen LogP contribution is 2.29. The molecule has 0 radical (unpaired) electrons. The quantitative estimate of drug-likeness (QED) is 0.383. The Kier molecular flexibility index (Phi) is 4.67. The predicted octanol–water partition coefficient (Wildman–Crippen LogP) is 1.65. The largest absolute Gasteiger partial charge is 0.409 e. The lowest BCUT2D eigenvalue weighted by Gasteiger charge is -2.38. The third kappa shape index (κ3) is 3.10. The number of aromatic nitrogens is 1. The molecule has 2 atom stereocenters. The number of anilines is 1. The Hall–Kier alpha value is -1.82. The van der Waals surface area contributed by atoms with Gasteiger partial charge >= 0.3 is 0 Å². The van der Waals surface area contributed by atoms with E-state index in [4.69, 9.17) is 15.7 Å². The lowest BCUT2D eigenvalue weighted by molar-refractivity contribution is 0.0498. The van der Waals surface area contributed by atoms with Gasteiger partial charge < -0.3 is 20.6 Å². The maximum absolute atomic E-state index is 9.04. The van der Waals surface area contributed by atoms with E-state index in [-0.39, 0.29) is 11.9 Å². The minimum absolute atomic E-state index is 0.0996. The molecule has 0 aromatic carbocycles. The molecule has 116 valence electrons. The summed E-state index contributed by atoms with van der Waals surface area (Å²) in [5, 5.41) is 12.2. The molecule has 1 saturated heterocycles. The average molecular weight is 292 g/mol. The number of nitrogens with two attached hydrogens (primary N) is 1. The van der Waals surface area contributed by atoms with Gasteiger partial charge in [0.25, 0.3) is 0 Å². The van der Waals surface area contributed by atoms with Crippen LogP contribution in [0.5, 0.6) is 0 Å². The Morgan fingerprint density at radius 2 is 2.24 bits per heavy atom. The van der Waals surface area contributed by atoms with Gasteiger partial charge in [-0.2, -0.15) is 0 Å². The van der Waals surface area contributed by atoms with Crippen LogP contribution >= 0.6 is 0 Å². The first-order valence-corrected chi connectivity index (χ1v) is 7.21. The average Bonchev–Trinajstić information content (AvgIpc) is 2.46. The third-order valence-electron chi connectivity index (χ3n) is 4.20. The molecule has 0 aliphatic carbocycles. The Labute approximate surface area is 125 Å². The smallest absolute Gasteiger partial charge is 0.174 e. The second-order valence-electron chi connectivity index (χ2n) is 5.71. The molecule has 1 fully saturated rings. The number of hydrogen-bond donors (Lipinski definition) is 2. The van der Waals surface area contributed by atoms with Crippen molar-refractivity contribution in [2.75, 3.05) is 25.1 Å². The molecular formula is C15H24N4O2. The van der Waals surface area contributed by atoms with Crippen molar-refractivity contribution in [3.63, 3.8) is 0 Å². The Bertz CT molecular complexity index is 545. The van der Waals surface area contributed by atoms with E-state index >= 15 is 0 Å². The summed E-state index contributed by atoms with van der Waals surface area (Å²) in [4.78, 5) is 6.66. The van der Waals surface area contributed by atoms with Crippen LogP contribution in [0.1, 0.15) is 30.3 Å². The van der Waals surface area contributed by atoms with Crippen molar-refractivity contribution in [3.05, 3.63) is 23.0 Å². The van der Waals surface area contributed by atoms with Gasteiger partial charge in [0, 0.05) is 25.9 Å². The number of piperidine rings is 1. The van der Waals surface area contributed by atoms with Crippen LogP contribution in [-0.2, 0) is 4.74 Å². The fourth-order valence-corrected chi connectivity index (χ4v) is 2.98. The zero-order chi connectivity index (χ0) is 15.6. The van der Waals surface area contributed by atoms with Crippen LogP contribution in [0.4, 0.5) is 5.69 Å². The number of methoxy groups -OCH3 is 1. The molecular weight excluding hydrogens is 268 g/mol. The fraction of sp³-hybridized carbons (Fsp3) is 0.600. The zero-order valence-corrected chi connectivity index (χ0v) is 13.1. The highest BCUT2D eigenvalue weighted by atomic mass is 16.5. The van der Waals surface area contributed by atoms with Crippen LogP contribution in [0.2, 0.25) is 0 Å². The minimum atomic E-state index is 0.0996. The molecule has 0 amide bonds. The van der Waals surface area contributed by atoms with Gasteiger partial charge in [0.05, 0.1) is 23.0 Å². The number of hydrogen-bond acceptors (Lipinski definition) is 5. The van der Waals surface area contributed by atoms with Crippen LogP contribution in [0.25, 0.3) is 0 Å². The van der Waals surface area contributed by atoms with Crippen molar-refractivity contribution in [1.29, 1.82) is 0 Å². The highest BCUT2D eigenvalue weighted by molar-refractivity contribution is 6.03. The van der Waals surface area contributed by atoms with Crippen molar-refractivity contribution < 1.29 is 9.94 Å². The molecule has 1 aliphatic rings. The number of aryl methyl sites for hydroxylation is 2. The Morgan fingerprint density at radius 3 is 2.86 bits per heavy atom. The first-order valence-electron chi connectivity index (χ1n) is 7.21. The molecule has 3 N–H and O–H groups in total. The van der Waals surface area contributed by atoms with Crippen molar-refractivity contribution in [1.82, 2.24) is 4.98 Å². The number of nitrogens with zero attached hydrogens (tertiary/aromatic N) is 3. The summed E-state index contributed by atoms with van der Waals surface area (Å²) < 4.78 is 5.57. The van der Waals surface area contributed by atoms with Crippen LogP contribution in [0.15, 0.2) is 11.2 Å². The summed E-state index contributed by atoms with van der Waals surface area (Å²) in [7, 11) is 1.75. The number of oxime groups is 1. The fourth-order valence-electron chi connectivity index (χ4n) is 2.98. The molecule has 0 bridgehead atoms. The van der Waals surface area contributed by atoms with Gasteiger partial charge in [-0.15, -0.1) is 0 Å². The Balaban J connectivity index is 2.43. The number of rotatable bonds is 3. The second-order valence-corrected chi connectivity index (χ2v) is 5.71. The molecule has 0 spiro atoms. The van der Waals surface area contributed by atoms with Gasteiger partial charge in [-0.25, -0.2) is 0 Å². The van der Waals surface area contributed by atoms with E-state index in [2.05, 4.69) is 22.0 Å². The van der Waals surface area contributed by atoms with Crippen LogP contribution in [0, 0.1) is 19.8 Å². The van der Waals surface area contributed by atoms with Gasteiger partial charge in [0.15, 0.2) is 5.84 Å². The standard InChI is InChI=1S/C15H24N4O2/c1-9-5-6-19(8-13(9)21-4)12-7-10(2)17-11(3)14(12)15(16)18-20/h7,9,13,20H,5-6,8H2,1-4H3,(H2,16,18). The van der Waals surface area contributed by atoms with Gasteiger partial charge in [0.2, 0.25) is 0 Å². The topological polar surface area (TPSA) is 84.0 Å². The van der Waals surface area contributed by atoms with Crippen LogP contribution in [0.3, 0.4) is 0 Å². The summed E-state index contributed by atoms with van der Waals surface area (Å²) >= 11 is 0. The zero-order valence-electron chi connectivity index (χ0n) is 13.1. The van der Waals surface area contributed by atoms with Gasteiger partial charge in [-0.05, 0) is 32.3 Å². The molecule has 0 saturated carbocycles. The van der Waals surface area contributed by atoms with Crippen molar-refractivity contribution in [2.45, 2.75) is 33.3 Å². The normalized spacial score (nSPS) is 23.4. The van der Waals surface area contributed by atoms with Crippen LogP contribution in [-0.4, -0.2) is 42.3 Å². The van der Waals surface area contributed by atoms with Gasteiger partial charge in [0.1, 0.15) is 0 Å². The molecule has 1 aliphatic heterocycles. The molecule has 1 aromatic rings. The van der Waals surface area contributed by atoms with Gasteiger partial charge in [-0.3, -0.25) is 4.98 Å². The minimum Gasteiger partial charge on any atom is -0.409 e. The van der Waals surface area contributed by atoms with Gasteiger partial charge in [-0.1, -0.05) is 12.1 Å².